The highest BCUT2D eigenvalue weighted by molar-refractivity contribution is 7.71. The second-order valence-electron chi connectivity index (χ2n) is 2.99. The molecule has 0 fully saturated rings. The Balaban J connectivity index is 2.71. The van der Waals surface area contributed by atoms with Crippen molar-refractivity contribution in [2.45, 2.75) is 0 Å². The van der Waals surface area contributed by atoms with Crippen molar-refractivity contribution in [3.05, 3.63) is 46.6 Å². The van der Waals surface area contributed by atoms with E-state index in [4.69, 9.17) is 12.2 Å². The maximum absolute atomic E-state index is 13.4. The normalized spacial score (nSPS) is 10.4. The molecule has 0 radical (unpaired) electrons. The molecule has 0 bridgehead atoms. The fraction of sp³-hybridized carbons (Fsp3) is 0. The molecule has 82 valence electrons. The number of halogens is 3. The van der Waals surface area contributed by atoms with Crippen molar-refractivity contribution in [2.75, 3.05) is 0 Å². The van der Waals surface area contributed by atoms with Crippen molar-refractivity contribution in [2.24, 2.45) is 0 Å². The van der Waals surface area contributed by atoms with Crippen molar-refractivity contribution in [1.29, 1.82) is 0 Å². The van der Waals surface area contributed by atoms with E-state index in [-0.39, 0.29) is 15.9 Å². The summed E-state index contributed by atoms with van der Waals surface area (Å²) < 4.78 is 39.3. The fourth-order valence-electron chi connectivity index (χ4n) is 1.25. The van der Waals surface area contributed by atoms with Gasteiger partial charge in [-0.05, 0) is 12.1 Å². The molecule has 0 amide bonds. The van der Waals surface area contributed by atoms with Crippen LogP contribution in [0, 0.1) is 22.1 Å². The average Bonchev–Trinajstić information content (AvgIpc) is 2.28. The molecule has 2 nitrogen and oxygen atoms in total. The Morgan fingerprint density at radius 1 is 1.12 bits per heavy atom. The van der Waals surface area contributed by atoms with E-state index in [1.165, 1.54) is 12.4 Å². The second-order valence-corrected chi connectivity index (χ2v) is 3.40. The Hall–Kier alpha value is -1.69. The van der Waals surface area contributed by atoms with Crippen LogP contribution in [0.1, 0.15) is 0 Å². The molecule has 2 aromatic rings. The molecule has 0 saturated carbocycles. The van der Waals surface area contributed by atoms with Crippen LogP contribution in [0.5, 0.6) is 0 Å². The fourth-order valence-corrected chi connectivity index (χ4v) is 1.48. The summed E-state index contributed by atoms with van der Waals surface area (Å²) in [5, 5.41) is 0. The van der Waals surface area contributed by atoms with Crippen LogP contribution in [0.4, 0.5) is 13.2 Å². The minimum absolute atomic E-state index is 0.0777. The van der Waals surface area contributed by atoms with Crippen LogP contribution in [-0.2, 0) is 0 Å². The molecule has 1 heterocycles. The molecule has 2 rings (SSSR count). The molecule has 6 heteroatoms. The first-order valence-electron chi connectivity index (χ1n) is 4.29. The first kappa shape index (κ1) is 10.8. The lowest BCUT2D eigenvalue weighted by molar-refractivity contribution is 0.448. The molecular formula is C10H5F3N2S. The SMILES string of the molecule is Fc1ccc(-c2ncc[nH]c2=S)c(F)c1F. The van der Waals surface area contributed by atoms with Gasteiger partial charge in [0.1, 0.15) is 10.3 Å². The van der Waals surface area contributed by atoms with Gasteiger partial charge < -0.3 is 4.98 Å². The summed E-state index contributed by atoms with van der Waals surface area (Å²) in [7, 11) is 0. The number of nitrogens with zero attached hydrogens (tertiary/aromatic N) is 1. The van der Waals surface area contributed by atoms with Crippen molar-refractivity contribution in [3.8, 4) is 11.3 Å². The van der Waals surface area contributed by atoms with E-state index in [0.717, 1.165) is 12.1 Å². The number of nitrogens with one attached hydrogen (secondary N) is 1. The van der Waals surface area contributed by atoms with Crippen LogP contribution in [0.25, 0.3) is 11.3 Å². The summed E-state index contributed by atoms with van der Waals surface area (Å²) in [6.45, 7) is 0. The predicted molar refractivity (Wildman–Crippen MR) is 54.7 cm³/mol. The van der Waals surface area contributed by atoms with E-state index in [1.807, 2.05) is 0 Å². The Kier molecular flexibility index (Phi) is 2.74. The van der Waals surface area contributed by atoms with E-state index < -0.39 is 17.5 Å². The van der Waals surface area contributed by atoms with E-state index in [0.29, 0.717) is 0 Å². The molecule has 0 aliphatic rings. The van der Waals surface area contributed by atoms with Gasteiger partial charge in [0.15, 0.2) is 17.5 Å². The number of aromatic amines is 1. The molecule has 0 atom stereocenters. The van der Waals surface area contributed by atoms with Gasteiger partial charge in [-0.1, -0.05) is 12.2 Å². The zero-order valence-corrected chi connectivity index (χ0v) is 8.62. The summed E-state index contributed by atoms with van der Waals surface area (Å²) in [5.74, 6) is -4.07. The third-order valence-corrected chi connectivity index (χ3v) is 2.31. The zero-order chi connectivity index (χ0) is 11.7. The van der Waals surface area contributed by atoms with Gasteiger partial charge in [-0.15, -0.1) is 0 Å². The Morgan fingerprint density at radius 2 is 1.88 bits per heavy atom. The van der Waals surface area contributed by atoms with Gasteiger partial charge in [0.2, 0.25) is 0 Å². The highest BCUT2D eigenvalue weighted by Gasteiger charge is 2.16. The van der Waals surface area contributed by atoms with E-state index in [1.54, 1.807) is 0 Å². The lowest BCUT2D eigenvalue weighted by Gasteiger charge is -2.03. The van der Waals surface area contributed by atoms with Crippen LogP contribution >= 0.6 is 12.2 Å². The van der Waals surface area contributed by atoms with Crippen LogP contribution in [0.15, 0.2) is 24.5 Å². The molecule has 0 spiro atoms. The van der Waals surface area contributed by atoms with Crippen LogP contribution in [0.3, 0.4) is 0 Å². The van der Waals surface area contributed by atoms with Gasteiger partial charge in [-0.3, -0.25) is 4.98 Å². The molecule has 0 aliphatic heterocycles. The standard InChI is InChI=1S/C10H5F3N2S/c11-6-2-1-5(7(12)8(6)13)9-10(16)15-4-3-14-9/h1-4H,(H,15,16). The topological polar surface area (TPSA) is 28.7 Å². The summed E-state index contributed by atoms with van der Waals surface area (Å²) in [6, 6.07) is 1.93. The van der Waals surface area contributed by atoms with E-state index in [2.05, 4.69) is 9.97 Å². The van der Waals surface area contributed by atoms with Gasteiger partial charge >= 0.3 is 0 Å². The monoisotopic (exact) mass is 242 g/mol. The Bertz CT molecular complexity index is 595. The smallest absolute Gasteiger partial charge is 0.195 e. The molecule has 1 aromatic heterocycles. The van der Waals surface area contributed by atoms with E-state index in [9.17, 15) is 13.2 Å². The average molecular weight is 242 g/mol. The van der Waals surface area contributed by atoms with Crippen molar-refractivity contribution in [3.63, 3.8) is 0 Å². The number of benzene rings is 1. The van der Waals surface area contributed by atoms with Gasteiger partial charge in [-0.25, -0.2) is 13.2 Å². The van der Waals surface area contributed by atoms with Crippen LogP contribution in [0.2, 0.25) is 0 Å². The number of aromatic nitrogens is 2. The van der Waals surface area contributed by atoms with Crippen molar-refractivity contribution < 1.29 is 13.2 Å². The molecule has 1 N–H and O–H groups in total. The highest BCUT2D eigenvalue weighted by atomic mass is 32.1. The number of hydrogen-bond donors (Lipinski definition) is 1. The molecule has 1 aromatic carbocycles. The lowest BCUT2D eigenvalue weighted by Crippen LogP contribution is -1.96. The maximum Gasteiger partial charge on any atom is 0.195 e. The molecule has 0 aliphatic carbocycles. The first-order chi connectivity index (χ1) is 7.61. The van der Waals surface area contributed by atoms with Gasteiger partial charge in [0, 0.05) is 18.0 Å². The maximum atomic E-state index is 13.4. The zero-order valence-electron chi connectivity index (χ0n) is 7.80. The minimum Gasteiger partial charge on any atom is -0.350 e. The summed E-state index contributed by atoms with van der Waals surface area (Å²) in [5.41, 5.74) is -0.0883. The number of hydrogen-bond acceptors (Lipinski definition) is 2. The molecule has 16 heavy (non-hydrogen) atoms. The van der Waals surface area contributed by atoms with E-state index >= 15 is 0 Å². The van der Waals surface area contributed by atoms with Gasteiger partial charge in [0.25, 0.3) is 0 Å². The second kappa shape index (κ2) is 4.05. The van der Waals surface area contributed by atoms with Crippen molar-refractivity contribution >= 4 is 12.2 Å². The predicted octanol–water partition coefficient (Wildman–Crippen LogP) is 3.22. The van der Waals surface area contributed by atoms with Crippen LogP contribution in [-0.4, -0.2) is 9.97 Å². The molecule has 0 saturated heterocycles. The number of H-pyrrole nitrogens is 1. The Morgan fingerprint density at radius 3 is 2.56 bits per heavy atom. The van der Waals surface area contributed by atoms with Gasteiger partial charge in [-0.2, -0.15) is 0 Å². The summed E-state index contributed by atoms with van der Waals surface area (Å²) >= 11 is 4.87. The Labute approximate surface area is 93.8 Å². The third-order valence-electron chi connectivity index (χ3n) is 2.00. The quantitative estimate of drug-likeness (QED) is 0.614. The van der Waals surface area contributed by atoms with Gasteiger partial charge in [0.05, 0.1) is 0 Å². The summed E-state index contributed by atoms with van der Waals surface area (Å²) in [6.07, 6.45) is 2.81. The number of rotatable bonds is 1. The third kappa shape index (κ3) is 1.71. The molecule has 0 unspecified atom stereocenters. The first-order valence-corrected chi connectivity index (χ1v) is 4.69. The molecular weight excluding hydrogens is 237 g/mol. The lowest BCUT2D eigenvalue weighted by atomic mass is 10.1. The highest BCUT2D eigenvalue weighted by Crippen LogP contribution is 2.24. The van der Waals surface area contributed by atoms with Crippen molar-refractivity contribution in [1.82, 2.24) is 9.97 Å². The summed E-state index contributed by atoms with van der Waals surface area (Å²) in [4.78, 5) is 6.44. The largest absolute Gasteiger partial charge is 0.350 e. The van der Waals surface area contributed by atoms with Crippen LogP contribution < -0.4 is 0 Å². The minimum atomic E-state index is -1.53.